The molecule has 0 aliphatic rings. The topological polar surface area (TPSA) is 64.7 Å². The second kappa shape index (κ2) is 5.84. The summed E-state index contributed by atoms with van der Waals surface area (Å²) in [5.74, 6) is 0.178. The highest BCUT2D eigenvalue weighted by molar-refractivity contribution is 5.44. The van der Waals surface area contributed by atoms with Crippen molar-refractivity contribution in [3.63, 3.8) is 0 Å². The van der Waals surface area contributed by atoms with Crippen molar-refractivity contribution in [2.45, 2.75) is 25.5 Å². The third kappa shape index (κ3) is 2.87. The molecule has 5 heteroatoms. The molecule has 2 atom stereocenters. The first-order chi connectivity index (χ1) is 8.04. The van der Waals surface area contributed by atoms with Crippen molar-refractivity contribution in [3.8, 4) is 11.5 Å². The van der Waals surface area contributed by atoms with Gasteiger partial charge in [-0.3, -0.25) is 0 Å². The van der Waals surface area contributed by atoms with Gasteiger partial charge in [-0.1, -0.05) is 6.92 Å². The number of rotatable bonds is 5. The van der Waals surface area contributed by atoms with Crippen molar-refractivity contribution >= 4 is 0 Å². The average molecular weight is 243 g/mol. The van der Waals surface area contributed by atoms with E-state index in [1.54, 1.807) is 6.92 Å². The highest BCUT2D eigenvalue weighted by atomic mass is 19.1. The summed E-state index contributed by atoms with van der Waals surface area (Å²) in [7, 11) is 2.89. The van der Waals surface area contributed by atoms with Crippen molar-refractivity contribution in [3.05, 3.63) is 23.5 Å². The maximum Gasteiger partial charge on any atom is 0.163 e. The summed E-state index contributed by atoms with van der Waals surface area (Å²) in [6.07, 6.45) is -0.336. The van der Waals surface area contributed by atoms with Gasteiger partial charge in [-0.05, 0) is 12.5 Å². The van der Waals surface area contributed by atoms with E-state index in [2.05, 4.69) is 0 Å². The van der Waals surface area contributed by atoms with E-state index in [0.717, 1.165) is 0 Å². The molecule has 0 unspecified atom stereocenters. The third-order valence-corrected chi connectivity index (χ3v) is 2.69. The zero-order chi connectivity index (χ0) is 13.0. The summed E-state index contributed by atoms with van der Waals surface area (Å²) in [6, 6.07) is 1.88. The highest BCUT2D eigenvalue weighted by Gasteiger charge is 2.21. The van der Waals surface area contributed by atoms with E-state index in [1.165, 1.54) is 26.4 Å². The summed E-state index contributed by atoms with van der Waals surface area (Å²) in [5, 5.41) is 9.63. The molecular formula is C12H18FNO3. The molecule has 0 spiro atoms. The van der Waals surface area contributed by atoms with Gasteiger partial charge in [-0.15, -0.1) is 0 Å². The van der Waals surface area contributed by atoms with Crippen molar-refractivity contribution in [2.24, 2.45) is 5.73 Å². The Hall–Kier alpha value is -1.33. The molecule has 3 N–H and O–H groups in total. The van der Waals surface area contributed by atoms with Crippen molar-refractivity contribution < 1.29 is 19.0 Å². The number of halogens is 1. The number of ether oxygens (including phenoxy) is 2. The van der Waals surface area contributed by atoms with E-state index in [4.69, 9.17) is 15.2 Å². The van der Waals surface area contributed by atoms with Crippen LogP contribution < -0.4 is 15.2 Å². The molecule has 0 saturated heterocycles. The Bertz CT molecular complexity index is 384. The number of hydrogen-bond donors (Lipinski definition) is 2. The Morgan fingerprint density at radius 2 is 1.82 bits per heavy atom. The Morgan fingerprint density at radius 3 is 2.29 bits per heavy atom. The van der Waals surface area contributed by atoms with Crippen LogP contribution in [0.4, 0.5) is 4.39 Å². The van der Waals surface area contributed by atoms with Crippen LogP contribution in [0.2, 0.25) is 0 Å². The Kier molecular flexibility index (Phi) is 4.72. The first-order valence-electron chi connectivity index (χ1n) is 5.40. The fourth-order valence-electron chi connectivity index (χ4n) is 1.59. The van der Waals surface area contributed by atoms with E-state index < -0.39 is 18.0 Å². The summed E-state index contributed by atoms with van der Waals surface area (Å²) >= 11 is 0. The monoisotopic (exact) mass is 243 g/mol. The quantitative estimate of drug-likeness (QED) is 0.824. The van der Waals surface area contributed by atoms with Crippen LogP contribution >= 0.6 is 0 Å². The zero-order valence-electron chi connectivity index (χ0n) is 10.2. The molecular weight excluding hydrogens is 225 g/mol. The molecule has 96 valence electrons. The lowest BCUT2D eigenvalue weighted by Crippen LogP contribution is -2.26. The van der Waals surface area contributed by atoms with Crippen molar-refractivity contribution in [1.82, 2.24) is 0 Å². The molecule has 0 aliphatic heterocycles. The van der Waals surface area contributed by atoms with Gasteiger partial charge in [-0.2, -0.15) is 0 Å². The molecule has 17 heavy (non-hydrogen) atoms. The van der Waals surface area contributed by atoms with Crippen LogP contribution in [0.5, 0.6) is 11.5 Å². The molecule has 0 fully saturated rings. The Labute approximate surface area is 100 Å². The lowest BCUT2D eigenvalue weighted by molar-refractivity contribution is 0.139. The van der Waals surface area contributed by atoms with E-state index >= 15 is 0 Å². The van der Waals surface area contributed by atoms with Gasteiger partial charge in [0.15, 0.2) is 11.5 Å². The molecule has 1 rings (SSSR count). The van der Waals surface area contributed by atoms with Crippen LogP contribution in [0.25, 0.3) is 0 Å². The summed E-state index contributed by atoms with van der Waals surface area (Å²) in [6.45, 7) is 1.78. The number of nitrogens with two attached hydrogens (primary N) is 1. The summed E-state index contributed by atoms with van der Waals surface area (Å²) < 4.78 is 23.8. The lowest BCUT2D eigenvalue weighted by Gasteiger charge is -2.19. The van der Waals surface area contributed by atoms with Gasteiger partial charge in [0.2, 0.25) is 0 Å². The van der Waals surface area contributed by atoms with Crippen LogP contribution in [0, 0.1) is 5.82 Å². The highest BCUT2D eigenvalue weighted by Crippen LogP contribution is 2.32. The lowest BCUT2D eigenvalue weighted by atomic mass is 9.99. The molecule has 0 aromatic heterocycles. The van der Waals surface area contributed by atoms with E-state index in [0.29, 0.717) is 17.9 Å². The van der Waals surface area contributed by atoms with Gasteiger partial charge in [0, 0.05) is 11.6 Å². The number of hydrogen-bond acceptors (Lipinski definition) is 4. The summed E-state index contributed by atoms with van der Waals surface area (Å²) in [4.78, 5) is 0. The number of methoxy groups -OCH3 is 2. The molecule has 0 saturated carbocycles. The maximum atomic E-state index is 13.8. The third-order valence-electron chi connectivity index (χ3n) is 2.69. The van der Waals surface area contributed by atoms with Crippen LogP contribution in [-0.2, 0) is 0 Å². The molecule has 4 nitrogen and oxygen atoms in total. The van der Waals surface area contributed by atoms with E-state index in [9.17, 15) is 9.50 Å². The second-order valence-electron chi connectivity index (χ2n) is 3.73. The SMILES string of the molecule is CC[C@@H](O)[C@@H](N)c1cc(OC)c(OC)cc1F. The van der Waals surface area contributed by atoms with Gasteiger partial charge in [0.25, 0.3) is 0 Å². The van der Waals surface area contributed by atoms with Gasteiger partial charge >= 0.3 is 0 Å². The predicted octanol–water partition coefficient (Wildman–Crippen LogP) is 1.61. The number of aliphatic hydroxyl groups is 1. The average Bonchev–Trinajstić information content (AvgIpc) is 2.36. The molecule has 0 bridgehead atoms. The minimum Gasteiger partial charge on any atom is -0.493 e. The fourth-order valence-corrected chi connectivity index (χ4v) is 1.59. The van der Waals surface area contributed by atoms with Crippen LogP contribution in [0.1, 0.15) is 24.9 Å². The minimum absolute atomic E-state index is 0.219. The van der Waals surface area contributed by atoms with Crippen LogP contribution in [0.3, 0.4) is 0 Å². The van der Waals surface area contributed by atoms with Crippen molar-refractivity contribution in [1.29, 1.82) is 0 Å². The standard InChI is InChI=1S/C12H18FNO3/c1-4-9(15)12(14)7-5-10(16-2)11(17-3)6-8(7)13/h5-6,9,12,15H,4,14H2,1-3H3/t9-,12+/m1/s1. The minimum atomic E-state index is -0.789. The van der Waals surface area contributed by atoms with Gasteiger partial charge in [-0.25, -0.2) is 4.39 Å². The zero-order valence-corrected chi connectivity index (χ0v) is 10.2. The Morgan fingerprint density at radius 1 is 1.29 bits per heavy atom. The van der Waals surface area contributed by atoms with Crippen molar-refractivity contribution in [2.75, 3.05) is 14.2 Å². The van der Waals surface area contributed by atoms with Crippen LogP contribution in [0.15, 0.2) is 12.1 Å². The number of aliphatic hydroxyl groups excluding tert-OH is 1. The number of benzene rings is 1. The predicted molar refractivity (Wildman–Crippen MR) is 62.7 cm³/mol. The maximum absolute atomic E-state index is 13.8. The molecule has 0 aliphatic carbocycles. The molecule has 0 radical (unpaired) electrons. The van der Waals surface area contributed by atoms with Crippen LogP contribution in [-0.4, -0.2) is 25.4 Å². The molecule has 1 aromatic rings. The smallest absolute Gasteiger partial charge is 0.163 e. The fraction of sp³-hybridized carbons (Fsp3) is 0.500. The molecule has 1 aromatic carbocycles. The first kappa shape index (κ1) is 13.7. The molecule has 0 heterocycles. The van der Waals surface area contributed by atoms with Gasteiger partial charge < -0.3 is 20.3 Å². The van der Waals surface area contributed by atoms with E-state index in [1.807, 2.05) is 0 Å². The summed E-state index contributed by atoms with van der Waals surface area (Å²) in [5.41, 5.74) is 6.00. The first-order valence-corrected chi connectivity index (χ1v) is 5.40. The van der Waals surface area contributed by atoms with Gasteiger partial charge in [0.1, 0.15) is 5.82 Å². The largest absolute Gasteiger partial charge is 0.493 e. The normalized spacial score (nSPS) is 14.2. The Balaban J connectivity index is 3.16. The van der Waals surface area contributed by atoms with E-state index in [-0.39, 0.29) is 5.56 Å². The second-order valence-corrected chi connectivity index (χ2v) is 3.73. The van der Waals surface area contributed by atoms with Gasteiger partial charge in [0.05, 0.1) is 26.4 Å². The molecule has 0 amide bonds.